The van der Waals surface area contributed by atoms with E-state index in [2.05, 4.69) is 46.0 Å². The predicted molar refractivity (Wildman–Crippen MR) is 134 cm³/mol. The minimum atomic E-state index is -0.976. The fourth-order valence-electron chi connectivity index (χ4n) is 5.50. The molecule has 1 aromatic rings. The standard InChI is InChI=1S/C28H43NO5/c1-6-7-8-9-12-27(2,3)19-14-23(32)25-21-13-18(26(33)29-16-20(31)17-30)10-11-22(21)28(4,5)34-24(25)15-19/h10,14-15,20-22,30-32H,6-9,11-13,16-17H2,1-5H3,(H,29,33)/t20?,21-,22-/m1/s1. The van der Waals surface area contributed by atoms with Crippen LogP contribution in [0.4, 0.5) is 0 Å². The maximum atomic E-state index is 12.7. The molecule has 0 fully saturated rings. The van der Waals surface area contributed by atoms with Crippen LogP contribution in [0.1, 0.15) is 96.6 Å². The summed E-state index contributed by atoms with van der Waals surface area (Å²) < 4.78 is 6.49. The van der Waals surface area contributed by atoms with Gasteiger partial charge in [-0.3, -0.25) is 4.79 Å². The van der Waals surface area contributed by atoms with Gasteiger partial charge >= 0.3 is 0 Å². The van der Waals surface area contributed by atoms with Crippen molar-refractivity contribution in [1.82, 2.24) is 5.32 Å². The van der Waals surface area contributed by atoms with Gasteiger partial charge in [0.25, 0.3) is 0 Å². The summed E-state index contributed by atoms with van der Waals surface area (Å²) in [6, 6.07) is 4.00. The minimum Gasteiger partial charge on any atom is -0.508 e. The maximum absolute atomic E-state index is 12.7. The number of hydrogen-bond donors (Lipinski definition) is 4. The number of carbonyl (C=O) groups is 1. The third-order valence-corrected chi connectivity index (χ3v) is 7.74. The van der Waals surface area contributed by atoms with Crippen LogP contribution in [0, 0.1) is 5.92 Å². The van der Waals surface area contributed by atoms with E-state index in [1.54, 1.807) is 0 Å². The SMILES string of the molecule is CCCCCCC(C)(C)c1cc(O)c2c(c1)OC(C)(C)[C@@H]1CC=C(C(=O)NCC(O)CO)C[C@@H]21. The number of hydrogen-bond acceptors (Lipinski definition) is 5. The number of aliphatic hydroxyl groups excluding tert-OH is 2. The Morgan fingerprint density at radius 3 is 2.68 bits per heavy atom. The molecule has 4 N–H and O–H groups in total. The van der Waals surface area contributed by atoms with Crippen LogP contribution >= 0.6 is 0 Å². The van der Waals surface area contributed by atoms with Gasteiger partial charge in [-0.25, -0.2) is 0 Å². The van der Waals surface area contributed by atoms with Crippen LogP contribution in [0.3, 0.4) is 0 Å². The first kappa shape index (κ1) is 26.6. The molecule has 1 amide bonds. The van der Waals surface area contributed by atoms with E-state index in [1.165, 1.54) is 19.3 Å². The Balaban J connectivity index is 1.86. The molecular formula is C28H43NO5. The highest BCUT2D eigenvalue weighted by Crippen LogP contribution is 2.55. The normalized spacial score (nSPS) is 22.1. The van der Waals surface area contributed by atoms with E-state index < -0.39 is 18.3 Å². The number of phenolic OH excluding ortho intramolecular Hbond substituents is 1. The van der Waals surface area contributed by atoms with Gasteiger partial charge < -0.3 is 25.4 Å². The molecule has 6 nitrogen and oxygen atoms in total. The zero-order chi connectivity index (χ0) is 25.1. The van der Waals surface area contributed by atoms with Gasteiger partial charge in [0.15, 0.2) is 0 Å². The summed E-state index contributed by atoms with van der Waals surface area (Å²) in [4.78, 5) is 12.7. The van der Waals surface area contributed by atoms with Gasteiger partial charge in [-0.2, -0.15) is 0 Å². The molecule has 1 aliphatic carbocycles. The fourth-order valence-corrected chi connectivity index (χ4v) is 5.50. The molecule has 0 spiro atoms. The number of amides is 1. The van der Waals surface area contributed by atoms with E-state index in [-0.39, 0.29) is 35.5 Å². The number of allylic oxidation sites excluding steroid dienone is 1. The van der Waals surface area contributed by atoms with Gasteiger partial charge in [0.05, 0.1) is 12.7 Å². The monoisotopic (exact) mass is 473 g/mol. The number of phenols is 1. The predicted octanol–water partition coefficient (Wildman–Crippen LogP) is 4.70. The molecular weight excluding hydrogens is 430 g/mol. The molecule has 1 aliphatic heterocycles. The van der Waals surface area contributed by atoms with Crippen LogP contribution in [0.5, 0.6) is 11.5 Å². The zero-order valence-electron chi connectivity index (χ0n) is 21.5. The van der Waals surface area contributed by atoms with Crippen molar-refractivity contribution in [3.05, 3.63) is 34.9 Å². The Morgan fingerprint density at radius 2 is 2.00 bits per heavy atom. The minimum absolute atomic E-state index is 0.00785. The summed E-state index contributed by atoms with van der Waals surface area (Å²) in [6.07, 6.45) is 8.02. The number of fused-ring (bicyclic) bond motifs is 3. The first-order valence-electron chi connectivity index (χ1n) is 12.8. The van der Waals surface area contributed by atoms with Crippen LogP contribution in [-0.4, -0.2) is 46.1 Å². The molecule has 3 rings (SSSR count). The van der Waals surface area contributed by atoms with Gasteiger partial charge in [-0.15, -0.1) is 0 Å². The van der Waals surface area contributed by atoms with Crippen LogP contribution in [0.2, 0.25) is 0 Å². The number of benzene rings is 1. The van der Waals surface area contributed by atoms with Crippen LogP contribution in [0.25, 0.3) is 0 Å². The van der Waals surface area contributed by atoms with E-state index in [0.29, 0.717) is 18.4 Å². The van der Waals surface area contributed by atoms with Crippen LogP contribution in [0.15, 0.2) is 23.8 Å². The van der Waals surface area contributed by atoms with Crippen LogP contribution in [-0.2, 0) is 10.2 Å². The molecule has 6 heteroatoms. The highest BCUT2D eigenvalue weighted by Gasteiger charge is 2.47. The van der Waals surface area contributed by atoms with E-state index in [4.69, 9.17) is 9.84 Å². The quantitative estimate of drug-likeness (QED) is 0.369. The summed E-state index contributed by atoms with van der Waals surface area (Å²) in [6.45, 7) is 10.5. The first-order valence-corrected chi connectivity index (χ1v) is 12.8. The van der Waals surface area contributed by atoms with Crippen molar-refractivity contribution >= 4 is 5.91 Å². The lowest BCUT2D eigenvalue weighted by Gasteiger charge is -2.47. The van der Waals surface area contributed by atoms with Crippen LogP contribution < -0.4 is 10.1 Å². The van der Waals surface area contributed by atoms with Gasteiger partial charge in [0.1, 0.15) is 17.1 Å². The summed E-state index contributed by atoms with van der Waals surface area (Å²) in [5, 5.41) is 32.5. The molecule has 3 atom stereocenters. The van der Waals surface area contributed by atoms with Crippen molar-refractivity contribution < 1.29 is 24.9 Å². The lowest BCUT2D eigenvalue weighted by molar-refractivity contribution is -0.118. The van der Waals surface area contributed by atoms with E-state index in [1.807, 2.05) is 12.1 Å². The third-order valence-electron chi connectivity index (χ3n) is 7.74. The van der Waals surface area contributed by atoms with E-state index >= 15 is 0 Å². The number of rotatable bonds is 10. The molecule has 190 valence electrons. The lowest BCUT2D eigenvalue weighted by Crippen LogP contribution is -2.46. The second-order valence-electron chi connectivity index (χ2n) is 11.2. The highest BCUT2D eigenvalue weighted by atomic mass is 16.5. The smallest absolute Gasteiger partial charge is 0.246 e. The Kier molecular flexibility index (Phi) is 8.35. The Morgan fingerprint density at radius 1 is 1.26 bits per heavy atom. The summed E-state index contributed by atoms with van der Waals surface area (Å²) in [7, 11) is 0. The average molecular weight is 474 g/mol. The molecule has 0 aromatic heterocycles. The van der Waals surface area contributed by atoms with Crippen molar-refractivity contribution in [3.8, 4) is 11.5 Å². The van der Waals surface area contributed by atoms with Crippen molar-refractivity contribution in [2.75, 3.05) is 13.2 Å². The maximum Gasteiger partial charge on any atom is 0.246 e. The number of unbranched alkanes of at least 4 members (excludes halogenated alkanes) is 3. The number of ether oxygens (including phenoxy) is 1. The molecule has 0 saturated carbocycles. The van der Waals surface area contributed by atoms with Gasteiger partial charge in [0.2, 0.25) is 5.91 Å². The topological polar surface area (TPSA) is 99.0 Å². The second kappa shape index (κ2) is 10.7. The summed E-state index contributed by atoms with van der Waals surface area (Å²) in [5.74, 6) is 0.839. The Labute approximate surface area is 204 Å². The molecule has 1 unspecified atom stereocenters. The third kappa shape index (κ3) is 5.77. The zero-order valence-corrected chi connectivity index (χ0v) is 21.5. The molecule has 34 heavy (non-hydrogen) atoms. The second-order valence-corrected chi connectivity index (χ2v) is 11.2. The summed E-state index contributed by atoms with van der Waals surface area (Å²) >= 11 is 0. The van der Waals surface area contributed by atoms with Crippen molar-refractivity contribution in [2.24, 2.45) is 5.92 Å². The molecule has 1 aromatic carbocycles. The van der Waals surface area contributed by atoms with E-state index in [0.717, 1.165) is 29.7 Å². The average Bonchev–Trinajstić information content (AvgIpc) is 2.78. The molecule has 1 heterocycles. The number of nitrogens with one attached hydrogen (secondary N) is 1. The summed E-state index contributed by atoms with van der Waals surface area (Å²) in [5.41, 5.74) is 2.02. The van der Waals surface area contributed by atoms with Crippen molar-refractivity contribution in [3.63, 3.8) is 0 Å². The fraction of sp³-hybridized carbons (Fsp3) is 0.679. The molecule has 0 saturated heterocycles. The number of aromatic hydroxyl groups is 1. The van der Waals surface area contributed by atoms with Crippen molar-refractivity contribution in [1.29, 1.82) is 0 Å². The Bertz CT molecular complexity index is 904. The lowest BCUT2D eigenvalue weighted by atomic mass is 9.66. The molecule has 0 bridgehead atoms. The van der Waals surface area contributed by atoms with Gasteiger partial charge in [-0.1, -0.05) is 52.5 Å². The highest BCUT2D eigenvalue weighted by molar-refractivity contribution is 5.93. The Hall–Kier alpha value is -2.05. The number of aliphatic hydroxyl groups is 2. The van der Waals surface area contributed by atoms with Crippen molar-refractivity contribution in [2.45, 2.75) is 103 Å². The first-order chi connectivity index (χ1) is 16.0. The molecule has 2 aliphatic rings. The molecule has 0 radical (unpaired) electrons. The van der Waals surface area contributed by atoms with Gasteiger partial charge in [0, 0.05) is 29.5 Å². The van der Waals surface area contributed by atoms with Gasteiger partial charge in [-0.05, 0) is 56.2 Å². The number of carbonyl (C=O) groups excluding carboxylic acids is 1. The largest absolute Gasteiger partial charge is 0.508 e. The van der Waals surface area contributed by atoms with E-state index in [9.17, 15) is 15.0 Å².